The number of imidazole rings is 1. The van der Waals surface area contributed by atoms with Crippen molar-refractivity contribution in [3.63, 3.8) is 0 Å². The first kappa shape index (κ1) is 51.1. The molecule has 0 spiro atoms. The third-order valence-corrected chi connectivity index (χ3v) is 12.2. The second-order valence-electron chi connectivity index (χ2n) is 13.5. The van der Waals surface area contributed by atoms with Crippen LogP contribution in [0.15, 0.2) is 49.1 Å². The van der Waals surface area contributed by atoms with Gasteiger partial charge in [0.05, 0.1) is 19.5 Å². The molecule has 7 atom stereocenters. The van der Waals surface area contributed by atoms with Crippen LogP contribution in [0.1, 0.15) is 52.7 Å². The Bertz CT molecular complexity index is 2010. The molecular weight excluding hydrogens is 879 g/mol. The Morgan fingerprint density at radius 3 is 2.42 bits per heavy atom. The minimum Gasteiger partial charge on any atom is -0.386 e. The van der Waals surface area contributed by atoms with Crippen molar-refractivity contribution in [1.82, 2.24) is 30.2 Å². The maximum absolute atomic E-state index is 12.7. The van der Waals surface area contributed by atoms with Gasteiger partial charge in [0, 0.05) is 37.1 Å². The summed E-state index contributed by atoms with van der Waals surface area (Å²) in [6, 6.07) is 0. The van der Waals surface area contributed by atoms with Gasteiger partial charge in [0.25, 0.3) is 0 Å². The molecule has 2 aromatic heterocycles. The van der Waals surface area contributed by atoms with Crippen molar-refractivity contribution in [3.05, 3.63) is 49.1 Å². The molecule has 10 N–H and O–H groups in total. The number of ether oxygens (including phenoxy) is 1. The lowest BCUT2D eigenvalue weighted by molar-refractivity contribution is -0.137. The van der Waals surface area contributed by atoms with Crippen LogP contribution in [-0.4, -0.2) is 123 Å². The zero-order valence-corrected chi connectivity index (χ0v) is 36.2. The molecule has 0 saturated carbocycles. The number of thioether (sulfide) groups is 1. The normalized spacial score (nSPS) is 21.4. The van der Waals surface area contributed by atoms with E-state index >= 15 is 0 Å². The highest BCUT2D eigenvalue weighted by Gasteiger charge is 2.50. The zero-order valence-electron chi connectivity index (χ0n) is 32.7. The molecule has 0 aromatic carbocycles. The molecule has 2 amide bonds. The van der Waals surface area contributed by atoms with Gasteiger partial charge < -0.3 is 50.9 Å². The predicted octanol–water partition coefficient (Wildman–Crippen LogP) is 1.52. The van der Waals surface area contributed by atoms with Gasteiger partial charge in [-0.15, -0.1) is 0 Å². The van der Waals surface area contributed by atoms with Crippen molar-refractivity contribution in [3.8, 4) is 0 Å². The Labute approximate surface area is 348 Å². The monoisotopic (exact) mass is 929 g/mol. The van der Waals surface area contributed by atoms with Crippen LogP contribution in [0.25, 0.3) is 11.2 Å². The standard InChI is InChI=1S/C32H50N7O17P3S/c1-4-5-6-7-8-9-10-11-12-23(41)60-16-15-34-22(40)13-14-35-30(44)27(43)32(2,3)18-53-59(50,51)56-58(48,49)52-17-21-26(55-57(45,46)47)25(42)31(54-21)39-20-38-24-28(33)36-19-37-29(24)39/h4-5,7-10,19-21,25-27,31,42-43H,6,11-18H2,1-3H3,(H,34,40)(H,35,44)(H,48,49)(H,50,51)(H2,33,36,37)(H2,45,46,47)/b5-4+,8-7+,10-9+. The average Bonchev–Trinajstić information content (AvgIpc) is 3.72. The third-order valence-electron chi connectivity index (χ3n) is 8.17. The van der Waals surface area contributed by atoms with Crippen LogP contribution in [0.4, 0.5) is 5.82 Å². The maximum atomic E-state index is 12.7. The van der Waals surface area contributed by atoms with Gasteiger partial charge in [0.1, 0.15) is 36.3 Å². The van der Waals surface area contributed by atoms with E-state index in [1.807, 2.05) is 43.4 Å². The van der Waals surface area contributed by atoms with Gasteiger partial charge in [0.15, 0.2) is 22.8 Å². The van der Waals surface area contributed by atoms with E-state index in [-0.39, 0.29) is 41.6 Å². The number of hydrogen-bond donors (Lipinski definition) is 9. The fourth-order valence-corrected chi connectivity index (χ4v) is 8.64. The number of nitrogen functional groups attached to an aromatic ring is 1. The molecule has 3 rings (SSSR count). The van der Waals surface area contributed by atoms with Crippen molar-refractivity contribution in [1.29, 1.82) is 0 Å². The topological polar surface area (TPSA) is 364 Å². The van der Waals surface area contributed by atoms with Gasteiger partial charge in [-0.1, -0.05) is 62.1 Å². The molecule has 1 saturated heterocycles. The van der Waals surface area contributed by atoms with Crippen LogP contribution in [-0.2, 0) is 50.7 Å². The van der Waals surface area contributed by atoms with Crippen molar-refractivity contribution in [2.45, 2.75) is 77.1 Å². The second kappa shape index (κ2) is 23.3. The SMILES string of the molecule is C/C=C/C/C=C/C=C/CCC(=O)SCCNC(=O)CCNC(=O)C(O)C(C)(C)COP(=O)(O)OP(=O)(O)OCC1OC(n2cnc3c(N)ncnc32)C(O)C1OP(=O)(O)O. The molecule has 0 bridgehead atoms. The van der Waals surface area contributed by atoms with E-state index in [1.54, 1.807) is 0 Å². The maximum Gasteiger partial charge on any atom is 0.481 e. The third kappa shape index (κ3) is 16.9. The quantitative estimate of drug-likeness (QED) is 0.0295. The Morgan fingerprint density at radius 2 is 1.72 bits per heavy atom. The van der Waals surface area contributed by atoms with E-state index < -0.39 is 84.6 Å². The zero-order chi connectivity index (χ0) is 44.7. The number of hydrogen-bond acceptors (Lipinski definition) is 18. The lowest BCUT2D eigenvalue weighted by atomic mass is 9.87. The van der Waals surface area contributed by atoms with Gasteiger partial charge in [-0.3, -0.25) is 32.5 Å². The van der Waals surface area contributed by atoms with Crippen LogP contribution < -0.4 is 16.4 Å². The van der Waals surface area contributed by atoms with E-state index in [2.05, 4.69) is 34.4 Å². The first-order valence-electron chi connectivity index (χ1n) is 18.0. The number of nitrogens with two attached hydrogens (primary N) is 1. The number of allylic oxidation sites excluding steroid dienone is 6. The minimum absolute atomic E-state index is 0.0243. The molecule has 28 heteroatoms. The molecular formula is C32H50N7O17P3S. The molecule has 0 radical (unpaired) electrons. The van der Waals surface area contributed by atoms with Crippen molar-refractivity contribution < 1.29 is 80.5 Å². The van der Waals surface area contributed by atoms with Crippen molar-refractivity contribution in [2.24, 2.45) is 5.41 Å². The summed E-state index contributed by atoms with van der Waals surface area (Å²) in [4.78, 5) is 87.8. The van der Waals surface area contributed by atoms with E-state index in [1.165, 1.54) is 13.8 Å². The van der Waals surface area contributed by atoms with E-state index in [9.17, 15) is 57.9 Å². The number of phosphoric acid groups is 3. The number of fused-ring (bicyclic) bond motifs is 1. The number of anilines is 1. The van der Waals surface area contributed by atoms with Crippen LogP contribution in [0.3, 0.4) is 0 Å². The first-order valence-corrected chi connectivity index (χ1v) is 23.5. The fraction of sp³-hybridized carbons (Fsp3) is 0.562. The van der Waals surface area contributed by atoms with Crippen LogP contribution in [0, 0.1) is 5.41 Å². The summed E-state index contributed by atoms with van der Waals surface area (Å²) in [7, 11) is -16.4. The number of nitrogens with zero attached hydrogens (tertiary/aromatic N) is 4. The Balaban J connectivity index is 1.42. The van der Waals surface area contributed by atoms with Crippen LogP contribution >= 0.6 is 35.2 Å². The summed E-state index contributed by atoms with van der Waals surface area (Å²) in [5, 5.41) is 26.4. The van der Waals surface area contributed by atoms with Crippen molar-refractivity contribution in [2.75, 3.05) is 37.8 Å². The number of nitrogens with one attached hydrogen (secondary N) is 2. The molecule has 336 valence electrons. The highest BCUT2D eigenvalue weighted by molar-refractivity contribution is 8.13. The minimum atomic E-state index is -5.57. The van der Waals surface area contributed by atoms with Crippen molar-refractivity contribution >= 4 is 69.1 Å². The van der Waals surface area contributed by atoms with Crippen LogP contribution in [0.2, 0.25) is 0 Å². The molecule has 3 heterocycles. The fourth-order valence-electron chi connectivity index (χ4n) is 5.11. The predicted molar refractivity (Wildman–Crippen MR) is 214 cm³/mol. The number of carbonyl (C=O) groups is 3. The van der Waals surface area contributed by atoms with Gasteiger partial charge in [-0.25, -0.2) is 28.6 Å². The highest BCUT2D eigenvalue weighted by Crippen LogP contribution is 2.61. The first-order chi connectivity index (χ1) is 28.1. The summed E-state index contributed by atoms with van der Waals surface area (Å²) < 4.78 is 62.2. The highest BCUT2D eigenvalue weighted by atomic mass is 32.2. The van der Waals surface area contributed by atoms with E-state index in [4.69, 9.17) is 19.5 Å². The number of amides is 2. The molecule has 0 aliphatic carbocycles. The Kier molecular flexibility index (Phi) is 19.8. The Morgan fingerprint density at radius 1 is 1.02 bits per heavy atom. The lowest BCUT2D eigenvalue weighted by Gasteiger charge is -2.30. The smallest absolute Gasteiger partial charge is 0.386 e. The Hall–Kier alpha value is -3.22. The summed E-state index contributed by atoms with van der Waals surface area (Å²) in [6.07, 6.45) is 6.48. The number of carbonyl (C=O) groups excluding carboxylic acids is 3. The number of phosphoric ester groups is 3. The number of rotatable bonds is 25. The van der Waals surface area contributed by atoms with Gasteiger partial charge >= 0.3 is 23.5 Å². The number of aliphatic hydroxyl groups is 2. The lowest BCUT2D eigenvalue weighted by Crippen LogP contribution is -2.46. The molecule has 2 aromatic rings. The number of aromatic nitrogens is 4. The summed E-state index contributed by atoms with van der Waals surface area (Å²) in [5.41, 5.74) is 4.26. The summed E-state index contributed by atoms with van der Waals surface area (Å²) in [5.74, 6) is -1.11. The molecule has 60 heavy (non-hydrogen) atoms. The van der Waals surface area contributed by atoms with E-state index in [0.29, 0.717) is 18.6 Å². The van der Waals surface area contributed by atoms with Gasteiger partial charge in [0.2, 0.25) is 11.8 Å². The summed E-state index contributed by atoms with van der Waals surface area (Å²) >= 11 is 1.08. The van der Waals surface area contributed by atoms with Crippen LogP contribution in [0.5, 0.6) is 0 Å². The second-order valence-corrected chi connectivity index (χ2v) is 18.9. The number of aliphatic hydroxyl groups excluding tert-OH is 2. The molecule has 1 aliphatic rings. The molecule has 1 aliphatic heterocycles. The summed E-state index contributed by atoms with van der Waals surface area (Å²) in [6.45, 7) is 2.43. The largest absolute Gasteiger partial charge is 0.481 e. The average molecular weight is 930 g/mol. The van der Waals surface area contributed by atoms with Gasteiger partial charge in [-0.05, 0) is 19.8 Å². The molecule has 24 nitrogen and oxygen atoms in total. The van der Waals surface area contributed by atoms with Gasteiger partial charge in [-0.2, -0.15) is 4.31 Å². The molecule has 7 unspecified atom stereocenters. The molecule has 1 fully saturated rings. The van der Waals surface area contributed by atoms with E-state index in [0.717, 1.165) is 35.4 Å².